The van der Waals surface area contributed by atoms with E-state index in [1.165, 1.54) is 12.8 Å². The fourth-order valence-corrected chi connectivity index (χ4v) is 1.55. The Kier molecular flexibility index (Phi) is 4.76. The van der Waals surface area contributed by atoms with Crippen molar-refractivity contribution >= 4 is 0 Å². The summed E-state index contributed by atoms with van der Waals surface area (Å²) in [6.45, 7) is 2.21. The fraction of sp³-hybridized carbons (Fsp3) is 0.615. The van der Waals surface area contributed by atoms with Crippen molar-refractivity contribution in [3.63, 3.8) is 0 Å². The zero-order valence-electron chi connectivity index (χ0n) is 10.3. The molecule has 0 atom stereocenters. The molecule has 0 amide bonds. The second-order valence-corrected chi connectivity index (χ2v) is 4.32. The molecule has 1 fully saturated rings. The molecule has 4 nitrogen and oxygen atoms in total. The first-order valence-corrected chi connectivity index (χ1v) is 6.19. The lowest BCUT2D eigenvalue weighted by Gasteiger charge is -2.07. The lowest BCUT2D eigenvalue weighted by atomic mass is 10.3. The van der Waals surface area contributed by atoms with Gasteiger partial charge in [0, 0.05) is 38.8 Å². The van der Waals surface area contributed by atoms with Gasteiger partial charge in [-0.3, -0.25) is 0 Å². The SMILES string of the molecule is COCCCOc1cccc(CNC2CC2)n1. The average molecular weight is 236 g/mol. The Morgan fingerprint density at radius 3 is 3.00 bits per heavy atom. The van der Waals surface area contributed by atoms with E-state index in [0.717, 1.165) is 25.3 Å². The summed E-state index contributed by atoms with van der Waals surface area (Å²) in [5.41, 5.74) is 1.04. The molecule has 1 saturated carbocycles. The highest BCUT2D eigenvalue weighted by Gasteiger charge is 2.20. The summed E-state index contributed by atoms with van der Waals surface area (Å²) in [6.07, 6.45) is 3.49. The van der Waals surface area contributed by atoms with Gasteiger partial charge in [-0.1, -0.05) is 6.07 Å². The van der Waals surface area contributed by atoms with Crippen LogP contribution in [-0.2, 0) is 11.3 Å². The molecule has 0 radical (unpaired) electrons. The topological polar surface area (TPSA) is 43.4 Å². The highest BCUT2D eigenvalue weighted by Crippen LogP contribution is 2.19. The number of pyridine rings is 1. The third-order valence-corrected chi connectivity index (χ3v) is 2.67. The van der Waals surface area contributed by atoms with Crippen LogP contribution in [0.3, 0.4) is 0 Å². The molecular weight excluding hydrogens is 216 g/mol. The first-order valence-electron chi connectivity index (χ1n) is 6.19. The largest absolute Gasteiger partial charge is 0.478 e. The summed E-state index contributed by atoms with van der Waals surface area (Å²) in [4.78, 5) is 4.44. The predicted molar refractivity (Wildman–Crippen MR) is 66.1 cm³/mol. The molecular formula is C13H20N2O2. The van der Waals surface area contributed by atoms with E-state index in [4.69, 9.17) is 9.47 Å². The van der Waals surface area contributed by atoms with Crippen LogP contribution in [0, 0.1) is 0 Å². The number of nitrogens with zero attached hydrogens (tertiary/aromatic N) is 1. The van der Waals surface area contributed by atoms with Crippen molar-refractivity contribution in [1.82, 2.24) is 10.3 Å². The molecule has 1 N–H and O–H groups in total. The van der Waals surface area contributed by atoms with E-state index in [2.05, 4.69) is 10.3 Å². The lowest BCUT2D eigenvalue weighted by molar-refractivity contribution is 0.170. The summed E-state index contributed by atoms with van der Waals surface area (Å²) >= 11 is 0. The summed E-state index contributed by atoms with van der Waals surface area (Å²) in [5.74, 6) is 0.705. The van der Waals surface area contributed by atoms with Crippen LogP contribution in [0.1, 0.15) is 25.0 Å². The van der Waals surface area contributed by atoms with Gasteiger partial charge in [0.2, 0.25) is 5.88 Å². The Hall–Kier alpha value is -1.13. The van der Waals surface area contributed by atoms with Crippen LogP contribution in [0.15, 0.2) is 18.2 Å². The Bertz CT molecular complexity index is 340. The van der Waals surface area contributed by atoms with Gasteiger partial charge < -0.3 is 14.8 Å². The maximum atomic E-state index is 5.55. The molecule has 1 aromatic rings. The van der Waals surface area contributed by atoms with Crippen molar-refractivity contribution in [3.05, 3.63) is 23.9 Å². The molecule has 1 aliphatic rings. The zero-order valence-corrected chi connectivity index (χ0v) is 10.3. The van der Waals surface area contributed by atoms with Crippen molar-refractivity contribution < 1.29 is 9.47 Å². The van der Waals surface area contributed by atoms with Gasteiger partial charge in [0.05, 0.1) is 12.3 Å². The number of hydrogen-bond donors (Lipinski definition) is 1. The predicted octanol–water partition coefficient (Wildman–Crippen LogP) is 1.75. The quantitative estimate of drug-likeness (QED) is 0.698. The van der Waals surface area contributed by atoms with E-state index in [1.54, 1.807) is 7.11 Å². The Balaban J connectivity index is 1.74. The maximum Gasteiger partial charge on any atom is 0.213 e. The highest BCUT2D eigenvalue weighted by molar-refractivity contribution is 5.15. The van der Waals surface area contributed by atoms with Crippen molar-refractivity contribution in [3.8, 4) is 5.88 Å². The highest BCUT2D eigenvalue weighted by atomic mass is 16.5. The first kappa shape index (κ1) is 12.3. The van der Waals surface area contributed by atoms with Crippen LogP contribution in [0.4, 0.5) is 0 Å². The normalized spacial score (nSPS) is 14.9. The molecule has 1 aromatic heterocycles. The van der Waals surface area contributed by atoms with E-state index in [9.17, 15) is 0 Å². The minimum Gasteiger partial charge on any atom is -0.478 e. The standard InChI is InChI=1S/C13H20N2O2/c1-16-8-3-9-17-13-5-2-4-12(15-13)10-14-11-6-7-11/h2,4-5,11,14H,3,6-10H2,1H3. The minimum atomic E-state index is 0.653. The van der Waals surface area contributed by atoms with E-state index < -0.39 is 0 Å². The molecule has 17 heavy (non-hydrogen) atoms. The van der Waals surface area contributed by atoms with Gasteiger partial charge in [0.1, 0.15) is 0 Å². The molecule has 0 bridgehead atoms. The smallest absolute Gasteiger partial charge is 0.213 e. The molecule has 0 aromatic carbocycles. The van der Waals surface area contributed by atoms with Crippen LogP contribution in [0.25, 0.3) is 0 Å². The summed E-state index contributed by atoms with van der Waals surface area (Å²) in [6, 6.07) is 6.62. The third-order valence-electron chi connectivity index (χ3n) is 2.67. The molecule has 4 heteroatoms. The molecule has 1 heterocycles. The molecule has 0 aliphatic heterocycles. The van der Waals surface area contributed by atoms with Crippen molar-refractivity contribution in [2.24, 2.45) is 0 Å². The van der Waals surface area contributed by atoms with E-state index in [1.807, 2.05) is 18.2 Å². The summed E-state index contributed by atoms with van der Waals surface area (Å²) < 4.78 is 10.5. The van der Waals surface area contributed by atoms with Crippen LogP contribution >= 0.6 is 0 Å². The number of methoxy groups -OCH3 is 1. The van der Waals surface area contributed by atoms with Crippen LogP contribution < -0.4 is 10.1 Å². The Labute approximate surface area is 102 Å². The number of aromatic nitrogens is 1. The van der Waals surface area contributed by atoms with E-state index >= 15 is 0 Å². The lowest BCUT2D eigenvalue weighted by Crippen LogP contribution is -2.16. The van der Waals surface area contributed by atoms with Gasteiger partial charge >= 0.3 is 0 Å². The van der Waals surface area contributed by atoms with Crippen molar-refractivity contribution in [2.75, 3.05) is 20.3 Å². The van der Waals surface area contributed by atoms with Gasteiger partial charge in [0.15, 0.2) is 0 Å². The molecule has 0 spiro atoms. The van der Waals surface area contributed by atoms with Crippen LogP contribution in [0.2, 0.25) is 0 Å². The van der Waals surface area contributed by atoms with Gasteiger partial charge in [-0.2, -0.15) is 0 Å². The first-order chi connectivity index (χ1) is 8.38. The molecule has 0 unspecified atom stereocenters. The molecule has 1 aliphatic carbocycles. The molecule has 2 rings (SSSR count). The molecule has 94 valence electrons. The number of nitrogens with one attached hydrogen (secondary N) is 1. The zero-order chi connectivity index (χ0) is 11.9. The van der Waals surface area contributed by atoms with Crippen molar-refractivity contribution in [1.29, 1.82) is 0 Å². The Morgan fingerprint density at radius 1 is 1.35 bits per heavy atom. The minimum absolute atomic E-state index is 0.653. The second kappa shape index (κ2) is 6.57. The maximum absolute atomic E-state index is 5.55. The van der Waals surface area contributed by atoms with Gasteiger partial charge in [-0.15, -0.1) is 0 Å². The van der Waals surface area contributed by atoms with Crippen LogP contribution in [0.5, 0.6) is 5.88 Å². The fourth-order valence-electron chi connectivity index (χ4n) is 1.55. The van der Waals surface area contributed by atoms with Gasteiger partial charge in [-0.05, 0) is 18.9 Å². The number of hydrogen-bond acceptors (Lipinski definition) is 4. The number of rotatable bonds is 8. The second-order valence-electron chi connectivity index (χ2n) is 4.32. The van der Waals surface area contributed by atoms with Crippen molar-refractivity contribution in [2.45, 2.75) is 31.8 Å². The summed E-state index contributed by atoms with van der Waals surface area (Å²) in [7, 11) is 1.70. The average Bonchev–Trinajstić information content (AvgIpc) is 3.17. The number of ether oxygens (including phenoxy) is 2. The summed E-state index contributed by atoms with van der Waals surface area (Å²) in [5, 5.41) is 3.44. The molecule has 0 saturated heterocycles. The van der Waals surface area contributed by atoms with Gasteiger partial charge in [0.25, 0.3) is 0 Å². The van der Waals surface area contributed by atoms with E-state index in [-0.39, 0.29) is 0 Å². The van der Waals surface area contributed by atoms with Gasteiger partial charge in [-0.25, -0.2) is 4.98 Å². The van der Waals surface area contributed by atoms with Crippen LogP contribution in [-0.4, -0.2) is 31.3 Å². The third kappa shape index (κ3) is 4.71. The van der Waals surface area contributed by atoms with E-state index in [0.29, 0.717) is 18.5 Å². The Morgan fingerprint density at radius 2 is 2.24 bits per heavy atom. The monoisotopic (exact) mass is 236 g/mol.